The molecule has 1 aliphatic rings. The first-order valence-electron chi connectivity index (χ1n) is 12.0. The first-order chi connectivity index (χ1) is 18.0. The number of carbonyl (C=O) groups is 2. The van der Waals surface area contributed by atoms with Crippen LogP contribution in [0, 0.1) is 0 Å². The molecule has 1 saturated heterocycles. The highest BCUT2D eigenvalue weighted by Gasteiger charge is 2.22. The van der Waals surface area contributed by atoms with E-state index in [1.165, 1.54) is 11.3 Å². The van der Waals surface area contributed by atoms with E-state index >= 15 is 0 Å². The van der Waals surface area contributed by atoms with E-state index in [0.29, 0.717) is 36.0 Å². The van der Waals surface area contributed by atoms with E-state index in [1.807, 2.05) is 70.9 Å². The van der Waals surface area contributed by atoms with Crippen molar-refractivity contribution in [2.75, 3.05) is 36.4 Å². The number of hydrogen-bond donors (Lipinski definition) is 1. The molecule has 4 aromatic rings. The minimum atomic E-state index is -0.185. The molecule has 3 aromatic carbocycles. The minimum absolute atomic E-state index is 0.105. The molecule has 0 atom stereocenters. The number of halogens is 1. The Morgan fingerprint density at radius 1 is 0.892 bits per heavy atom. The Bertz CT molecular complexity index is 1350. The van der Waals surface area contributed by atoms with Crippen LogP contribution in [0.25, 0.3) is 0 Å². The summed E-state index contributed by atoms with van der Waals surface area (Å²) in [6.45, 7) is 3.32. The number of nitrogens with zero attached hydrogens (tertiary/aromatic N) is 2. The van der Waals surface area contributed by atoms with Gasteiger partial charge in [0.1, 0.15) is 12.4 Å². The van der Waals surface area contributed by atoms with E-state index in [9.17, 15) is 9.59 Å². The second kappa shape index (κ2) is 11.5. The summed E-state index contributed by atoms with van der Waals surface area (Å²) in [5.74, 6) is 0.598. The van der Waals surface area contributed by atoms with Gasteiger partial charge >= 0.3 is 0 Å². The van der Waals surface area contributed by atoms with Crippen LogP contribution in [0.2, 0.25) is 5.02 Å². The monoisotopic (exact) mass is 531 g/mol. The maximum Gasteiger partial charge on any atom is 0.264 e. The minimum Gasteiger partial charge on any atom is -0.489 e. The number of hydrogen-bond acceptors (Lipinski definition) is 5. The van der Waals surface area contributed by atoms with Crippen molar-refractivity contribution in [2.45, 2.75) is 6.61 Å². The number of nitrogens with one attached hydrogen (secondary N) is 1. The Hall–Kier alpha value is -3.81. The predicted molar refractivity (Wildman–Crippen MR) is 149 cm³/mol. The van der Waals surface area contributed by atoms with Crippen molar-refractivity contribution in [2.24, 2.45) is 0 Å². The van der Waals surface area contributed by atoms with E-state index in [-0.39, 0.29) is 11.8 Å². The number of carbonyl (C=O) groups excluding carboxylic acids is 2. The highest BCUT2D eigenvalue weighted by atomic mass is 35.5. The molecule has 1 aliphatic heterocycles. The molecule has 8 heteroatoms. The topological polar surface area (TPSA) is 61.9 Å². The molecule has 0 radical (unpaired) electrons. The number of thiophene rings is 1. The first kappa shape index (κ1) is 24.9. The molecule has 5 rings (SSSR count). The number of rotatable bonds is 7. The van der Waals surface area contributed by atoms with Crippen molar-refractivity contribution in [3.63, 3.8) is 0 Å². The quantitative estimate of drug-likeness (QED) is 0.308. The molecule has 1 aromatic heterocycles. The summed E-state index contributed by atoms with van der Waals surface area (Å²) in [6.07, 6.45) is 0. The Morgan fingerprint density at radius 2 is 1.65 bits per heavy atom. The van der Waals surface area contributed by atoms with Crippen molar-refractivity contribution in [3.8, 4) is 5.75 Å². The molecule has 0 aliphatic carbocycles. The number of ether oxygens (including phenoxy) is 1. The van der Waals surface area contributed by atoms with Gasteiger partial charge in [-0.25, -0.2) is 0 Å². The van der Waals surface area contributed by atoms with Crippen LogP contribution in [0.3, 0.4) is 0 Å². The van der Waals surface area contributed by atoms with Crippen LogP contribution >= 0.6 is 22.9 Å². The normalized spacial score (nSPS) is 13.3. The van der Waals surface area contributed by atoms with E-state index in [2.05, 4.69) is 10.2 Å². The van der Waals surface area contributed by atoms with Crippen molar-refractivity contribution in [3.05, 3.63) is 111 Å². The van der Waals surface area contributed by atoms with Gasteiger partial charge in [0, 0.05) is 48.1 Å². The van der Waals surface area contributed by atoms with E-state index in [0.717, 1.165) is 34.9 Å². The molecule has 2 heterocycles. The molecule has 2 amide bonds. The molecule has 0 bridgehead atoms. The van der Waals surface area contributed by atoms with Crippen molar-refractivity contribution in [1.29, 1.82) is 0 Å². The largest absolute Gasteiger partial charge is 0.489 e. The standard InChI is InChI=1S/C29H26ClN3O3S/c30-23-4-1-3-21(19-23)20-36-26-12-6-22(7-13-26)28(34)31-24-8-10-25(11-9-24)32-14-16-33(17-15-32)29(35)27-5-2-18-37-27/h1-13,18-19H,14-17,20H2,(H,31,34). The number of anilines is 2. The summed E-state index contributed by atoms with van der Waals surface area (Å²) < 4.78 is 5.79. The molecule has 37 heavy (non-hydrogen) atoms. The third kappa shape index (κ3) is 6.31. The zero-order valence-electron chi connectivity index (χ0n) is 20.1. The zero-order valence-corrected chi connectivity index (χ0v) is 21.7. The maximum atomic E-state index is 12.7. The van der Waals surface area contributed by atoms with E-state index in [1.54, 1.807) is 24.3 Å². The Morgan fingerprint density at radius 3 is 2.32 bits per heavy atom. The van der Waals surface area contributed by atoms with Crippen LogP contribution in [0.4, 0.5) is 11.4 Å². The van der Waals surface area contributed by atoms with Crippen LogP contribution in [-0.2, 0) is 6.61 Å². The second-order valence-electron chi connectivity index (χ2n) is 8.70. The highest BCUT2D eigenvalue weighted by molar-refractivity contribution is 7.12. The highest BCUT2D eigenvalue weighted by Crippen LogP contribution is 2.22. The molecule has 1 N–H and O–H groups in total. The van der Waals surface area contributed by atoms with Gasteiger partial charge in [0.2, 0.25) is 0 Å². The molecule has 6 nitrogen and oxygen atoms in total. The fraction of sp³-hybridized carbons (Fsp3) is 0.172. The molecular formula is C29H26ClN3O3S. The van der Waals surface area contributed by atoms with Crippen LogP contribution in [-0.4, -0.2) is 42.9 Å². The summed E-state index contributed by atoms with van der Waals surface area (Å²) in [6, 6.07) is 26.2. The van der Waals surface area contributed by atoms with Gasteiger partial charge in [0.05, 0.1) is 4.88 Å². The van der Waals surface area contributed by atoms with Gasteiger partial charge in [-0.3, -0.25) is 9.59 Å². The summed E-state index contributed by atoms with van der Waals surface area (Å²) in [5, 5.41) is 5.54. The average Bonchev–Trinajstić information content (AvgIpc) is 3.48. The molecule has 0 unspecified atom stereocenters. The lowest BCUT2D eigenvalue weighted by Crippen LogP contribution is -2.48. The van der Waals surface area contributed by atoms with Crippen LogP contribution in [0.15, 0.2) is 90.3 Å². The maximum absolute atomic E-state index is 12.7. The SMILES string of the molecule is O=C(Nc1ccc(N2CCN(C(=O)c3cccs3)CC2)cc1)c1ccc(OCc2cccc(Cl)c2)cc1. The lowest BCUT2D eigenvalue weighted by atomic mass is 10.2. The third-order valence-electron chi connectivity index (χ3n) is 6.20. The van der Waals surface area contributed by atoms with Gasteiger partial charge in [-0.15, -0.1) is 11.3 Å². The molecular weight excluding hydrogens is 506 g/mol. The zero-order chi connectivity index (χ0) is 25.6. The van der Waals surface area contributed by atoms with E-state index in [4.69, 9.17) is 16.3 Å². The van der Waals surface area contributed by atoms with Gasteiger partial charge < -0.3 is 19.9 Å². The fourth-order valence-electron chi connectivity index (χ4n) is 4.18. The summed E-state index contributed by atoms with van der Waals surface area (Å²) in [7, 11) is 0. The Kier molecular flexibility index (Phi) is 7.73. The van der Waals surface area contributed by atoms with Crippen molar-refractivity contribution >= 4 is 46.1 Å². The van der Waals surface area contributed by atoms with Crippen molar-refractivity contribution < 1.29 is 14.3 Å². The molecule has 188 valence electrons. The number of amides is 2. The second-order valence-corrected chi connectivity index (χ2v) is 10.1. The Balaban J connectivity index is 1.11. The van der Waals surface area contributed by atoms with Gasteiger partial charge in [-0.1, -0.05) is 29.8 Å². The van der Waals surface area contributed by atoms with Gasteiger partial charge in [-0.05, 0) is 77.7 Å². The smallest absolute Gasteiger partial charge is 0.264 e. The molecule has 0 spiro atoms. The average molecular weight is 532 g/mol. The Labute approximate surface area is 225 Å². The van der Waals surface area contributed by atoms with E-state index < -0.39 is 0 Å². The number of benzene rings is 3. The summed E-state index contributed by atoms with van der Waals surface area (Å²) >= 11 is 7.49. The van der Waals surface area contributed by atoms with Gasteiger partial charge in [0.25, 0.3) is 11.8 Å². The van der Waals surface area contributed by atoms with Crippen LogP contribution in [0.5, 0.6) is 5.75 Å². The molecule has 0 saturated carbocycles. The molecule has 1 fully saturated rings. The van der Waals surface area contributed by atoms with Crippen LogP contribution in [0.1, 0.15) is 25.6 Å². The van der Waals surface area contributed by atoms with Gasteiger partial charge in [-0.2, -0.15) is 0 Å². The van der Waals surface area contributed by atoms with Crippen LogP contribution < -0.4 is 15.0 Å². The lowest BCUT2D eigenvalue weighted by Gasteiger charge is -2.36. The van der Waals surface area contributed by atoms with Crippen molar-refractivity contribution in [1.82, 2.24) is 4.90 Å². The lowest BCUT2D eigenvalue weighted by molar-refractivity contribution is 0.0751. The third-order valence-corrected chi connectivity index (χ3v) is 7.29. The summed E-state index contributed by atoms with van der Waals surface area (Å²) in [4.78, 5) is 30.2. The summed E-state index contributed by atoms with van der Waals surface area (Å²) in [5.41, 5.74) is 3.32. The number of piperazine rings is 1. The van der Waals surface area contributed by atoms with Gasteiger partial charge in [0.15, 0.2) is 0 Å². The predicted octanol–water partition coefficient (Wildman–Crippen LogP) is 6.20. The fourth-order valence-corrected chi connectivity index (χ4v) is 5.08. The first-order valence-corrected chi connectivity index (χ1v) is 13.3.